The molecule has 1 N–H and O–H groups in total. The Labute approximate surface area is 207 Å². The number of nitrogens with zero attached hydrogens (tertiary/aromatic N) is 4. The smallest absolute Gasteiger partial charge is 0.320 e. The maximum absolute atomic E-state index is 12.7. The van der Waals surface area contributed by atoms with Gasteiger partial charge < -0.3 is 14.5 Å². The van der Waals surface area contributed by atoms with Crippen molar-refractivity contribution in [2.75, 3.05) is 39.0 Å². The Balaban J connectivity index is 1.16. The summed E-state index contributed by atoms with van der Waals surface area (Å²) in [6.45, 7) is 3.20. The molecule has 1 aromatic carbocycles. The summed E-state index contributed by atoms with van der Waals surface area (Å²) in [5.41, 5.74) is 2.54. The third kappa shape index (κ3) is 5.65. The Morgan fingerprint density at radius 1 is 1.11 bits per heavy atom. The van der Waals surface area contributed by atoms with E-state index in [1.54, 1.807) is 0 Å². The first-order chi connectivity index (χ1) is 16.8. The molecule has 2 atom stereocenters. The van der Waals surface area contributed by atoms with Gasteiger partial charge in [-0.05, 0) is 68.1 Å². The summed E-state index contributed by atoms with van der Waals surface area (Å²) in [7, 11) is -1.38. The Morgan fingerprint density at radius 3 is 2.57 bits per heavy atom. The Hall–Kier alpha value is -2.17. The molecule has 5 rings (SSSR count). The van der Waals surface area contributed by atoms with Gasteiger partial charge in [0.05, 0.1) is 36.7 Å². The van der Waals surface area contributed by atoms with Crippen LogP contribution in [0.4, 0.5) is 4.79 Å². The minimum absolute atomic E-state index is 0.0498. The van der Waals surface area contributed by atoms with Crippen LogP contribution in [0.3, 0.4) is 0 Å². The van der Waals surface area contributed by atoms with Gasteiger partial charge in [-0.1, -0.05) is 6.07 Å². The van der Waals surface area contributed by atoms with E-state index >= 15 is 0 Å². The number of urea groups is 1. The number of piperidine rings is 1. The lowest BCUT2D eigenvalue weighted by Gasteiger charge is -2.42. The van der Waals surface area contributed by atoms with E-state index in [1.807, 2.05) is 27.7 Å². The highest BCUT2D eigenvalue weighted by atomic mass is 32.2. The predicted molar refractivity (Wildman–Crippen MR) is 135 cm³/mol. The zero-order valence-corrected chi connectivity index (χ0v) is 21.5. The standard InChI is InChI=1S/C25H37N5O4S/c1-28-23-9-8-20(14-21(23)15-26-28)19-6-4-18(5-7-19)17-34-24-16-30(25(31)29-11-3-12-29)13-10-22(24)27-35(2,32)33/h8-9,14-15,18-19,22,24,27H,3-7,10-13,16-17H2,1-2H3/t18?,19?,22-,24+/m0/s1. The third-order valence-corrected chi connectivity index (χ3v) is 8.69. The SMILES string of the molecule is Cn1ncc2cc(C3CCC(CO[C@@H]4CN(C(=O)N5CCC5)CC[C@@H]4NS(C)(=O)=O)CC3)ccc21. The second-order valence-corrected chi connectivity index (χ2v) is 12.3. The van der Waals surface area contributed by atoms with Crippen molar-refractivity contribution in [3.8, 4) is 0 Å². The van der Waals surface area contributed by atoms with Crippen LogP contribution in [0, 0.1) is 5.92 Å². The second kappa shape index (κ2) is 10.1. The van der Waals surface area contributed by atoms with Gasteiger partial charge in [0, 0.05) is 38.7 Å². The first-order valence-corrected chi connectivity index (χ1v) is 14.7. The maximum atomic E-state index is 12.7. The number of fused-ring (bicyclic) bond motifs is 1. The Bertz CT molecular complexity index is 1150. The normalized spacial score (nSPS) is 27.7. The molecular formula is C25H37N5O4S. The number of likely N-dealkylation sites (tertiary alicyclic amines) is 2. The summed E-state index contributed by atoms with van der Waals surface area (Å²) in [6, 6.07) is 6.43. The molecule has 3 aliphatic rings. The van der Waals surface area contributed by atoms with E-state index in [2.05, 4.69) is 28.0 Å². The van der Waals surface area contributed by atoms with Gasteiger partial charge in [0.25, 0.3) is 0 Å². The van der Waals surface area contributed by atoms with E-state index in [1.165, 1.54) is 17.2 Å². The average molecular weight is 504 g/mol. The largest absolute Gasteiger partial charge is 0.374 e. The van der Waals surface area contributed by atoms with E-state index in [0.717, 1.165) is 50.7 Å². The van der Waals surface area contributed by atoms with Crippen molar-refractivity contribution in [3.05, 3.63) is 30.0 Å². The van der Waals surface area contributed by atoms with Crippen LogP contribution in [0.5, 0.6) is 0 Å². The fourth-order valence-electron chi connectivity index (χ4n) is 5.73. The van der Waals surface area contributed by atoms with E-state index in [4.69, 9.17) is 4.74 Å². The molecule has 1 saturated carbocycles. The minimum Gasteiger partial charge on any atom is -0.374 e. The predicted octanol–water partition coefficient (Wildman–Crippen LogP) is 2.68. The molecular weight excluding hydrogens is 466 g/mol. The average Bonchev–Trinajstić information content (AvgIpc) is 3.16. The van der Waals surface area contributed by atoms with Crippen LogP contribution in [0.1, 0.15) is 50.0 Å². The molecule has 3 fully saturated rings. The lowest BCUT2D eigenvalue weighted by molar-refractivity contribution is -0.0314. The quantitative estimate of drug-likeness (QED) is 0.654. The zero-order chi connectivity index (χ0) is 24.6. The molecule has 0 spiro atoms. The topological polar surface area (TPSA) is 96.8 Å². The first-order valence-electron chi connectivity index (χ1n) is 12.8. The fourth-order valence-corrected chi connectivity index (χ4v) is 6.55. The highest BCUT2D eigenvalue weighted by Crippen LogP contribution is 2.37. The number of ether oxygens (including phenoxy) is 1. The lowest BCUT2D eigenvalue weighted by atomic mass is 9.79. The summed E-state index contributed by atoms with van der Waals surface area (Å²) < 4.78 is 34.8. The lowest BCUT2D eigenvalue weighted by Crippen LogP contribution is -2.59. The molecule has 10 heteroatoms. The summed E-state index contributed by atoms with van der Waals surface area (Å²) >= 11 is 0. The number of carbonyl (C=O) groups excluding carboxylic acids is 1. The van der Waals surface area contributed by atoms with Gasteiger partial charge in [-0.25, -0.2) is 17.9 Å². The summed E-state index contributed by atoms with van der Waals surface area (Å²) in [5.74, 6) is 1.00. The number of aryl methyl sites for hydroxylation is 1. The number of hydrogen-bond donors (Lipinski definition) is 1. The summed E-state index contributed by atoms with van der Waals surface area (Å²) in [4.78, 5) is 16.4. The summed E-state index contributed by atoms with van der Waals surface area (Å²) in [6.07, 6.45) is 8.83. The molecule has 9 nitrogen and oxygen atoms in total. The van der Waals surface area contributed by atoms with Crippen molar-refractivity contribution in [2.24, 2.45) is 13.0 Å². The third-order valence-electron chi connectivity index (χ3n) is 7.96. The van der Waals surface area contributed by atoms with Gasteiger partial charge in [0.1, 0.15) is 0 Å². The van der Waals surface area contributed by atoms with Crippen molar-refractivity contribution in [2.45, 2.75) is 56.6 Å². The van der Waals surface area contributed by atoms with E-state index in [0.29, 0.717) is 38.0 Å². The van der Waals surface area contributed by atoms with Crippen molar-refractivity contribution < 1.29 is 17.9 Å². The van der Waals surface area contributed by atoms with Crippen LogP contribution >= 0.6 is 0 Å². The van der Waals surface area contributed by atoms with Crippen molar-refractivity contribution in [1.29, 1.82) is 0 Å². The van der Waals surface area contributed by atoms with E-state index in [9.17, 15) is 13.2 Å². The molecule has 0 unspecified atom stereocenters. The van der Waals surface area contributed by atoms with Gasteiger partial charge in [0.2, 0.25) is 10.0 Å². The van der Waals surface area contributed by atoms with Gasteiger partial charge >= 0.3 is 6.03 Å². The molecule has 2 saturated heterocycles. The molecule has 3 heterocycles. The highest BCUT2D eigenvalue weighted by Gasteiger charge is 2.37. The number of rotatable bonds is 6. The molecule has 2 aliphatic heterocycles. The number of aromatic nitrogens is 2. The monoisotopic (exact) mass is 503 g/mol. The van der Waals surface area contributed by atoms with E-state index in [-0.39, 0.29) is 18.2 Å². The van der Waals surface area contributed by atoms with Crippen LogP contribution in [0.15, 0.2) is 24.4 Å². The van der Waals surface area contributed by atoms with Crippen molar-refractivity contribution in [1.82, 2.24) is 24.3 Å². The van der Waals surface area contributed by atoms with Crippen LogP contribution in [0.25, 0.3) is 10.9 Å². The van der Waals surface area contributed by atoms with E-state index < -0.39 is 10.0 Å². The number of nitrogens with one attached hydrogen (secondary N) is 1. The Kier molecular flexibility index (Phi) is 7.05. The van der Waals surface area contributed by atoms with Gasteiger partial charge in [0.15, 0.2) is 0 Å². The molecule has 1 aromatic heterocycles. The molecule has 35 heavy (non-hydrogen) atoms. The van der Waals surface area contributed by atoms with Crippen LogP contribution in [-0.4, -0.2) is 85.2 Å². The number of sulfonamides is 1. The van der Waals surface area contributed by atoms with Crippen LogP contribution < -0.4 is 4.72 Å². The fraction of sp³-hybridized carbons (Fsp3) is 0.680. The van der Waals surface area contributed by atoms with Crippen LogP contribution in [0.2, 0.25) is 0 Å². The molecule has 0 radical (unpaired) electrons. The van der Waals surface area contributed by atoms with Crippen molar-refractivity contribution in [3.63, 3.8) is 0 Å². The van der Waals surface area contributed by atoms with Crippen LogP contribution in [-0.2, 0) is 21.8 Å². The van der Waals surface area contributed by atoms with Gasteiger partial charge in [-0.3, -0.25) is 4.68 Å². The molecule has 0 bridgehead atoms. The summed E-state index contributed by atoms with van der Waals surface area (Å²) in [5, 5.41) is 5.54. The molecule has 192 valence electrons. The number of benzene rings is 1. The maximum Gasteiger partial charge on any atom is 0.320 e. The van der Waals surface area contributed by atoms with Gasteiger partial charge in [-0.2, -0.15) is 5.10 Å². The zero-order valence-electron chi connectivity index (χ0n) is 20.7. The van der Waals surface area contributed by atoms with Gasteiger partial charge in [-0.15, -0.1) is 0 Å². The number of amides is 2. The number of carbonyl (C=O) groups is 1. The molecule has 2 aromatic rings. The minimum atomic E-state index is -3.35. The molecule has 2 amide bonds. The number of hydrogen-bond acceptors (Lipinski definition) is 5. The van der Waals surface area contributed by atoms with Crippen molar-refractivity contribution >= 4 is 27.0 Å². The molecule has 1 aliphatic carbocycles. The first kappa shape index (κ1) is 24.5. The second-order valence-electron chi connectivity index (χ2n) is 10.5. The Morgan fingerprint density at radius 2 is 1.89 bits per heavy atom. The highest BCUT2D eigenvalue weighted by molar-refractivity contribution is 7.88.